The van der Waals surface area contributed by atoms with Crippen LogP contribution in [0.25, 0.3) is 54.3 Å². The minimum atomic E-state index is -0.0621. The van der Waals surface area contributed by atoms with Crippen LogP contribution in [0.2, 0.25) is 0 Å². The van der Waals surface area contributed by atoms with E-state index in [2.05, 4.69) is 134 Å². The Bertz CT molecular complexity index is 1610. The van der Waals surface area contributed by atoms with Crippen LogP contribution >= 0.6 is 22.7 Å². The highest BCUT2D eigenvalue weighted by Crippen LogP contribution is 2.50. The fourth-order valence-electron chi connectivity index (χ4n) is 5.69. The van der Waals surface area contributed by atoms with Crippen LogP contribution in [0.5, 0.6) is 0 Å². The summed E-state index contributed by atoms with van der Waals surface area (Å²) in [5.41, 5.74) is 13.1. The normalized spacial score (nSPS) is 13.4. The summed E-state index contributed by atoms with van der Waals surface area (Å²) in [4.78, 5) is 2.62. The topological polar surface area (TPSA) is 0 Å². The van der Waals surface area contributed by atoms with Gasteiger partial charge < -0.3 is 0 Å². The van der Waals surface area contributed by atoms with Gasteiger partial charge in [0.2, 0.25) is 0 Å². The fourth-order valence-corrected chi connectivity index (χ4v) is 7.13. The Morgan fingerprint density at radius 3 is 1.30 bits per heavy atom. The lowest BCUT2D eigenvalue weighted by Crippen LogP contribution is -2.15. The molecule has 6 aromatic rings. The van der Waals surface area contributed by atoms with Gasteiger partial charge in [-0.05, 0) is 103 Å². The van der Waals surface area contributed by atoms with Gasteiger partial charge >= 0.3 is 0 Å². The molecule has 2 aromatic heterocycles. The van der Waals surface area contributed by atoms with Crippen LogP contribution in [-0.4, -0.2) is 0 Å². The van der Waals surface area contributed by atoms with E-state index in [1.54, 1.807) is 22.7 Å². The van der Waals surface area contributed by atoms with Crippen molar-refractivity contribution in [2.75, 3.05) is 0 Å². The summed E-state index contributed by atoms with van der Waals surface area (Å²) in [5, 5.41) is 4.29. The molecule has 0 fully saturated rings. The molecular formula is C35H26S2. The Labute approximate surface area is 226 Å². The average molecular weight is 511 g/mol. The molecule has 0 aliphatic heterocycles. The lowest BCUT2D eigenvalue weighted by atomic mass is 9.80. The van der Waals surface area contributed by atoms with Crippen LogP contribution in [-0.2, 0) is 5.41 Å². The zero-order valence-electron chi connectivity index (χ0n) is 20.9. The van der Waals surface area contributed by atoms with E-state index in [-0.39, 0.29) is 5.41 Å². The number of thiophene rings is 2. The second kappa shape index (κ2) is 8.69. The Hall–Kier alpha value is -3.72. The highest BCUT2D eigenvalue weighted by Gasteiger charge is 2.35. The Balaban J connectivity index is 1.28. The summed E-state index contributed by atoms with van der Waals surface area (Å²) in [7, 11) is 0. The van der Waals surface area contributed by atoms with E-state index < -0.39 is 0 Å². The molecule has 0 bridgehead atoms. The van der Waals surface area contributed by atoms with E-state index >= 15 is 0 Å². The summed E-state index contributed by atoms with van der Waals surface area (Å²) in [6.45, 7) is 4.74. The third kappa shape index (κ3) is 3.80. The minimum absolute atomic E-state index is 0.0621. The van der Waals surface area contributed by atoms with Gasteiger partial charge in [0, 0.05) is 15.2 Å². The lowest BCUT2D eigenvalue weighted by Gasteiger charge is -2.23. The van der Waals surface area contributed by atoms with Gasteiger partial charge in [-0.2, -0.15) is 0 Å². The van der Waals surface area contributed by atoms with E-state index in [9.17, 15) is 0 Å². The number of rotatable bonds is 4. The molecule has 2 heterocycles. The molecular weight excluding hydrogens is 485 g/mol. The zero-order valence-corrected chi connectivity index (χ0v) is 22.5. The average Bonchev–Trinajstić information content (AvgIpc) is 3.71. The first-order valence-corrected chi connectivity index (χ1v) is 14.4. The zero-order chi connectivity index (χ0) is 25.0. The molecule has 1 aliphatic rings. The molecule has 2 heteroatoms. The Morgan fingerprint density at radius 2 is 0.865 bits per heavy atom. The predicted molar refractivity (Wildman–Crippen MR) is 162 cm³/mol. The van der Waals surface area contributed by atoms with Crippen molar-refractivity contribution in [2.45, 2.75) is 19.3 Å². The molecule has 0 radical (unpaired) electrons. The molecule has 1 aliphatic carbocycles. The fraction of sp³-hybridized carbons (Fsp3) is 0.0857. The maximum Gasteiger partial charge on any atom is 0.0342 e. The first kappa shape index (κ1) is 22.5. The van der Waals surface area contributed by atoms with E-state index in [1.807, 2.05) is 0 Å². The van der Waals surface area contributed by atoms with Crippen molar-refractivity contribution in [3.05, 3.63) is 131 Å². The monoisotopic (exact) mass is 510 g/mol. The summed E-state index contributed by atoms with van der Waals surface area (Å²) in [5.74, 6) is 0. The lowest BCUT2D eigenvalue weighted by molar-refractivity contribution is 0.661. The van der Waals surface area contributed by atoms with E-state index in [4.69, 9.17) is 0 Å². The van der Waals surface area contributed by atoms with E-state index in [0.29, 0.717) is 0 Å². The third-order valence-electron chi connectivity index (χ3n) is 7.68. The van der Waals surface area contributed by atoms with E-state index in [1.165, 1.54) is 65.4 Å². The SMILES string of the molecule is CC1(C)c2cc(-c3cccc(-c4cccs4)c3)ccc2-c2ccc(-c3cccc(-c4cccs4)c3)cc21. The number of fused-ring (bicyclic) bond motifs is 3. The Morgan fingerprint density at radius 1 is 0.432 bits per heavy atom. The molecule has 0 spiro atoms. The number of hydrogen-bond acceptors (Lipinski definition) is 2. The van der Waals surface area contributed by atoms with Crippen molar-refractivity contribution < 1.29 is 0 Å². The predicted octanol–water partition coefficient (Wildman–Crippen LogP) is 10.8. The largest absolute Gasteiger partial charge is 0.144 e. The first-order chi connectivity index (χ1) is 18.1. The summed E-state index contributed by atoms with van der Waals surface area (Å²) < 4.78 is 0. The molecule has 0 saturated heterocycles. The number of benzene rings is 4. The quantitative estimate of drug-likeness (QED) is 0.221. The van der Waals surface area contributed by atoms with Gasteiger partial charge in [0.05, 0.1) is 0 Å². The summed E-state index contributed by atoms with van der Waals surface area (Å²) >= 11 is 3.58. The maximum atomic E-state index is 2.42. The van der Waals surface area contributed by atoms with Crippen LogP contribution in [0, 0.1) is 0 Å². The minimum Gasteiger partial charge on any atom is -0.144 e. The van der Waals surface area contributed by atoms with Crippen molar-refractivity contribution in [2.24, 2.45) is 0 Å². The van der Waals surface area contributed by atoms with Crippen molar-refractivity contribution in [1.29, 1.82) is 0 Å². The van der Waals surface area contributed by atoms with Crippen molar-refractivity contribution in [3.8, 4) is 54.3 Å². The molecule has 37 heavy (non-hydrogen) atoms. The maximum absolute atomic E-state index is 2.42. The van der Waals surface area contributed by atoms with Crippen LogP contribution in [0.3, 0.4) is 0 Å². The molecule has 0 nitrogen and oxygen atoms in total. The number of hydrogen-bond donors (Lipinski definition) is 0. The van der Waals surface area contributed by atoms with Gasteiger partial charge in [-0.15, -0.1) is 22.7 Å². The highest BCUT2D eigenvalue weighted by atomic mass is 32.1. The molecule has 0 amide bonds. The highest BCUT2D eigenvalue weighted by molar-refractivity contribution is 7.13. The van der Waals surface area contributed by atoms with Gasteiger partial charge in [-0.25, -0.2) is 0 Å². The standard InChI is InChI=1S/C35H26S2/c1-35(2)31-21-25(23-7-3-9-27(19-23)33-11-5-17-36-33)13-15-29(31)30-16-14-26(22-32(30)35)24-8-4-10-28(20-24)34-12-6-18-37-34/h3-22H,1-2H3. The third-order valence-corrected chi connectivity index (χ3v) is 9.52. The van der Waals surface area contributed by atoms with Crippen LogP contribution in [0.15, 0.2) is 120 Å². The van der Waals surface area contributed by atoms with Gasteiger partial charge in [0.25, 0.3) is 0 Å². The summed E-state index contributed by atoms with van der Waals surface area (Å²) in [6.07, 6.45) is 0. The van der Waals surface area contributed by atoms with Gasteiger partial charge in [0.1, 0.15) is 0 Å². The van der Waals surface area contributed by atoms with Gasteiger partial charge in [-0.1, -0.05) is 86.6 Å². The summed E-state index contributed by atoms with van der Waals surface area (Å²) in [6, 6.07) is 40.5. The molecule has 0 atom stereocenters. The van der Waals surface area contributed by atoms with Crippen molar-refractivity contribution in [1.82, 2.24) is 0 Å². The van der Waals surface area contributed by atoms with Gasteiger partial charge in [0.15, 0.2) is 0 Å². The smallest absolute Gasteiger partial charge is 0.0342 e. The molecule has 0 N–H and O–H groups in total. The van der Waals surface area contributed by atoms with Gasteiger partial charge in [-0.3, -0.25) is 0 Å². The molecule has 0 unspecified atom stereocenters. The van der Waals surface area contributed by atoms with Crippen molar-refractivity contribution >= 4 is 22.7 Å². The molecule has 0 saturated carbocycles. The van der Waals surface area contributed by atoms with Crippen LogP contribution in [0.1, 0.15) is 25.0 Å². The first-order valence-electron chi connectivity index (χ1n) is 12.7. The molecule has 4 aromatic carbocycles. The van der Waals surface area contributed by atoms with Crippen LogP contribution < -0.4 is 0 Å². The molecule has 7 rings (SSSR count). The van der Waals surface area contributed by atoms with Crippen LogP contribution in [0.4, 0.5) is 0 Å². The van der Waals surface area contributed by atoms with E-state index in [0.717, 1.165) is 0 Å². The second-order valence-electron chi connectivity index (χ2n) is 10.3. The second-order valence-corrected chi connectivity index (χ2v) is 12.2. The Kier molecular flexibility index (Phi) is 5.28. The van der Waals surface area contributed by atoms with Crippen molar-refractivity contribution in [3.63, 3.8) is 0 Å². The molecule has 178 valence electrons.